The first-order valence-electron chi connectivity index (χ1n) is 23.3. The zero-order valence-electron chi connectivity index (χ0n) is 37.7. The molecule has 4 nitrogen and oxygen atoms in total. The second-order valence-corrected chi connectivity index (χ2v) is 15.8. The zero-order chi connectivity index (χ0) is 40.7. The van der Waals surface area contributed by atoms with E-state index in [0.717, 1.165) is 49.9 Å². The summed E-state index contributed by atoms with van der Waals surface area (Å²) < 4.78 is 1.68. The minimum atomic E-state index is 0. The summed E-state index contributed by atoms with van der Waals surface area (Å²) >= 11 is 0. The summed E-state index contributed by atoms with van der Waals surface area (Å²) in [7, 11) is 0. The average molecular weight is 818 g/mol. The Morgan fingerprint density at radius 2 is 0.625 bits per heavy atom. The molecule has 2 aromatic rings. The predicted octanol–water partition coefficient (Wildman–Crippen LogP) is 15.3. The van der Waals surface area contributed by atoms with Crippen molar-refractivity contribution in [3.8, 4) is 0 Å². The van der Waals surface area contributed by atoms with Crippen LogP contribution in [0.5, 0.6) is 0 Å². The van der Waals surface area contributed by atoms with Gasteiger partial charge in [-0.05, 0) is 137 Å². The van der Waals surface area contributed by atoms with Crippen LogP contribution in [0.25, 0.3) is 16.9 Å². The molecule has 0 spiro atoms. The number of allylic oxidation sites excluding steroid dienone is 2. The number of aliphatic hydroxyl groups excluding tert-OH is 2. The Hall–Kier alpha value is -2.07. The molecule has 0 saturated carbocycles. The summed E-state index contributed by atoms with van der Waals surface area (Å²) in [5.74, 6) is 0. The van der Waals surface area contributed by atoms with Gasteiger partial charge in [0, 0.05) is 52.0 Å². The average Bonchev–Trinajstić information content (AvgIpc) is 3.46. The monoisotopic (exact) mass is 817 g/mol. The number of aliphatic hydroxyl groups is 2. The molecule has 0 radical (unpaired) electrons. The molecule has 2 aromatic carbocycles. The van der Waals surface area contributed by atoms with Crippen molar-refractivity contribution in [3.05, 3.63) is 86.5 Å². The van der Waals surface area contributed by atoms with E-state index >= 15 is 0 Å². The Kier molecular flexibility index (Phi) is 33.6. The molecule has 0 atom stereocenters. The molecular weight excluding hydrogens is 731 g/mol. The maximum Gasteiger partial charge on any atom is 0.211 e. The Morgan fingerprint density at radius 1 is 0.375 bits per heavy atom. The molecule has 3 rings (SSSR count). The molecule has 0 amide bonds. The van der Waals surface area contributed by atoms with Crippen LogP contribution in [0.15, 0.2) is 47.5 Å². The predicted molar refractivity (Wildman–Crippen MR) is 242 cm³/mol. The van der Waals surface area contributed by atoms with Crippen LogP contribution in [0.3, 0.4) is 0 Å². The van der Waals surface area contributed by atoms with Crippen molar-refractivity contribution in [1.82, 2.24) is 0 Å². The van der Waals surface area contributed by atoms with Crippen LogP contribution in [0.2, 0.25) is 0 Å². The van der Waals surface area contributed by atoms with Gasteiger partial charge in [0.2, 0.25) is 11.4 Å². The Bertz CT molecular complexity index is 1380. The van der Waals surface area contributed by atoms with Crippen LogP contribution in [0, 0.1) is 0 Å². The van der Waals surface area contributed by atoms with Crippen LogP contribution < -0.4 is 0 Å². The van der Waals surface area contributed by atoms with E-state index in [1.165, 1.54) is 167 Å². The van der Waals surface area contributed by atoms with E-state index < -0.39 is 0 Å². The van der Waals surface area contributed by atoms with Gasteiger partial charge in [-0.3, -0.25) is 0 Å². The van der Waals surface area contributed by atoms with Gasteiger partial charge in [0.25, 0.3) is 0 Å². The van der Waals surface area contributed by atoms with Crippen molar-refractivity contribution in [3.63, 3.8) is 0 Å². The minimum Gasteiger partial charge on any atom is -0.493 e. The number of nitrogens with zero attached hydrogens (tertiary/aromatic N) is 2. The first-order chi connectivity index (χ1) is 26.8. The first-order valence-corrected chi connectivity index (χ1v) is 23.3. The van der Waals surface area contributed by atoms with Crippen LogP contribution in [0.1, 0.15) is 224 Å². The van der Waals surface area contributed by atoms with Crippen LogP contribution in [-0.4, -0.2) is 28.1 Å². The maximum atomic E-state index is 12.6. The zero-order valence-corrected chi connectivity index (χ0v) is 38.6. The first kappa shape index (κ1) is 53.9. The van der Waals surface area contributed by atoms with E-state index in [4.69, 9.17) is 10.2 Å². The van der Waals surface area contributed by atoms with Gasteiger partial charge < -0.3 is 15.7 Å². The summed E-state index contributed by atoms with van der Waals surface area (Å²) in [5, 5.41) is 15.1. The number of hydrogen-bond acceptors (Lipinski definition) is 2. The number of unbranched alkanes of at least 4 members (excludes halogenated alkanes) is 13. The van der Waals surface area contributed by atoms with E-state index in [-0.39, 0.29) is 29.7 Å². The maximum absolute atomic E-state index is 12.6. The van der Waals surface area contributed by atoms with Crippen LogP contribution in [0.4, 0.5) is 0 Å². The Morgan fingerprint density at radius 3 is 0.929 bits per heavy atom. The van der Waals surface area contributed by atoms with E-state index in [2.05, 4.69) is 77.9 Å². The third-order valence-corrected chi connectivity index (χ3v) is 10.6. The summed E-state index contributed by atoms with van der Waals surface area (Å²) in [4.78, 5) is 0. The van der Waals surface area contributed by atoms with Crippen LogP contribution >= 0.6 is 0 Å². The SMILES string of the molecule is CCCCCCC1=C(c2cc(CCCC)cc(CCCCCC)c2)[N+](=[N-])C(c2cc(CCCC)cc(CCCCCC)c2)=C1CCCCC.CCO.CCO.[Ni]. The fraction of sp³-hybridized carbons (Fsp3) is 0.686. The fourth-order valence-corrected chi connectivity index (χ4v) is 7.71. The van der Waals surface area contributed by atoms with Gasteiger partial charge in [0.05, 0.1) is 0 Å². The summed E-state index contributed by atoms with van der Waals surface area (Å²) in [6, 6.07) is 14.7. The molecule has 0 aliphatic carbocycles. The van der Waals surface area contributed by atoms with Crippen LogP contribution in [-0.2, 0) is 42.2 Å². The number of benzene rings is 2. The van der Waals surface area contributed by atoms with Gasteiger partial charge in [-0.1, -0.05) is 137 Å². The van der Waals surface area contributed by atoms with E-state index in [0.29, 0.717) is 0 Å². The molecule has 322 valence electrons. The summed E-state index contributed by atoms with van der Waals surface area (Å²) in [6.07, 6.45) is 30.2. The van der Waals surface area contributed by atoms with Gasteiger partial charge in [-0.2, -0.15) is 0 Å². The molecule has 0 unspecified atom stereocenters. The molecule has 0 bridgehead atoms. The standard InChI is InChI=1S/C47H74N2.2C2H6O.Ni/c1-7-13-19-23-28-40-32-38(26-17-11-5)34-42(36-40)46-44(30-22-16-10-4)45(31-25-21-15-9-3)47(49(46)48)43-35-39(27-18-12-6)33-41(37-43)29-24-20-14-8-2;2*1-2-3;/h32-37H,7-31H2,1-6H3;2*3H,2H2,1H3;. The quantitative estimate of drug-likeness (QED) is 0.0536. The molecular formula is C51H86N2NiO2. The third kappa shape index (κ3) is 20.6. The molecule has 2 N–H and O–H groups in total. The molecule has 5 heteroatoms. The normalized spacial score (nSPS) is 12.4. The molecule has 0 saturated heterocycles. The minimum absolute atomic E-state index is 0. The molecule has 1 heterocycles. The summed E-state index contributed by atoms with van der Waals surface area (Å²) in [5.41, 5.74) is 25.8. The Labute approximate surface area is 356 Å². The molecule has 56 heavy (non-hydrogen) atoms. The molecule has 0 fully saturated rings. The van der Waals surface area contributed by atoms with Crippen molar-refractivity contribution >= 4 is 11.4 Å². The van der Waals surface area contributed by atoms with E-state index in [1.54, 1.807) is 18.5 Å². The van der Waals surface area contributed by atoms with Gasteiger partial charge >= 0.3 is 0 Å². The largest absolute Gasteiger partial charge is 0.493 e. The summed E-state index contributed by atoms with van der Waals surface area (Å²) in [6.45, 7) is 17.7. The van der Waals surface area contributed by atoms with Crippen molar-refractivity contribution < 1.29 is 31.4 Å². The van der Waals surface area contributed by atoms with Crippen molar-refractivity contribution in [2.45, 2.75) is 216 Å². The van der Waals surface area contributed by atoms with Crippen molar-refractivity contribution in [2.75, 3.05) is 13.2 Å². The van der Waals surface area contributed by atoms with Crippen molar-refractivity contribution in [2.24, 2.45) is 0 Å². The smallest absolute Gasteiger partial charge is 0.211 e. The number of aryl methyl sites for hydroxylation is 4. The number of hydrogen-bond donors (Lipinski definition) is 2. The van der Waals surface area contributed by atoms with E-state index in [9.17, 15) is 5.53 Å². The van der Waals surface area contributed by atoms with Crippen molar-refractivity contribution in [1.29, 1.82) is 0 Å². The Balaban J connectivity index is 0.00000405. The van der Waals surface area contributed by atoms with Gasteiger partial charge in [0.1, 0.15) is 0 Å². The third-order valence-electron chi connectivity index (χ3n) is 10.6. The number of rotatable bonds is 27. The van der Waals surface area contributed by atoms with Gasteiger partial charge in [-0.15, -0.1) is 0 Å². The van der Waals surface area contributed by atoms with Gasteiger partial charge in [-0.25, -0.2) is 4.70 Å². The van der Waals surface area contributed by atoms with Gasteiger partial charge in [0.15, 0.2) is 0 Å². The molecule has 1 aliphatic rings. The topological polar surface area (TPSA) is 65.8 Å². The van der Waals surface area contributed by atoms with E-state index in [1.807, 2.05) is 0 Å². The second-order valence-electron chi connectivity index (χ2n) is 15.8. The molecule has 1 aliphatic heterocycles. The fourth-order valence-electron chi connectivity index (χ4n) is 7.71. The molecule has 0 aromatic heterocycles. The second kappa shape index (κ2) is 34.9.